The minimum atomic E-state index is -0.198. The molecule has 144 valence electrons. The molecule has 1 aliphatic heterocycles. The number of nitrogens with one attached hydrogen (secondary N) is 1. The number of carbonyl (C=O) groups is 1. The van der Waals surface area contributed by atoms with Gasteiger partial charge >= 0.3 is 0 Å². The average molecular weight is 376 g/mol. The van der Waals surface area contributed by atoms with Crippen LogP contribution >= 0.6 is 0 Å². The van der Waals surface area contributed by atoms with Gasteiger partial charge in [0.2, 0.25) is 0 Å². The largest absolute Gasteiger partial charge is 0.497 e. The summed E-state index contributed by atoms with van der Waals surface area (Å²) in [6.45, 7) is 2.62. The molecule has 1 unspecified atom stereocenters. The molecular formula is C22H24N4O2. The first kappa shape index (κ1) is 18.4. The van der Waals surface area contributed by atoms with Gasteiger partial charge < -0.3 is 10.1 Å². The lowest BCUT2D eigenvalue weighted by atomic mass is 10.1. The van der Waals surface area contributed by atoms with Gasteiger partial charge in [-0.3, -0.25) is 14.7 Å². The fourth-order valence-electron chi connectivity index (χ4n) is 3.68. The molecule has 6 heteroatoms. The Labute approximate surface area is 164 Å². The van der Waals surface area contributed by atoms with E-state index in [0.29, 0.717) is 12.2 Å². The van der Waals surface area contributed by atoms with Crippen LogP contribution in [0.1, 0.15) is 34.9 Å². The zero-order chi connectivity index (χ0) is 19.3. The number of fused-ring (bicyclic) bond motifs is 1. The average Bonchev–Trinajstić information content (AvgIpc) is 3.28. The molecule has 3 aromatic rings. The predicted octanol–water partition coefficient (Wildman–Crippen LogP) is 3.21. The normalized spacial score (nSPS) is 15.5. The lowest BCUT2D eigenvalue weighted by Crippen LogP contribution is -2.37. The molecule has 0 radical (unpaired) electrons. The van der Waals surface area contributed by atoms with Crippen LogP contribution in [0.2, 0.25) is 0 Å². The van der Waals surface area contributed by atoms with Crippen molar-refractivity contribution in [2.45, 2.75) is 18.9 Å². The van der Waals surface area contributed by atoms with Crippen molar-refractivity contribution in [2.24, 2.45) is 0 Å². The number of para-hydroxylation sites is 2. The predicted molar refractivity (Wildman–Crippen MR) is 108 cm³/mol. The molecule has 2 aromatic carbocycles. The molecule has 2 heterocycles. The first-order valence-corrected chi connectivity index (χ1v) is 9.62. The summed E-state index contributed by atoms with van der Waals surface area (Å²) in [5.41, 5.74) is 3.02. The van der Waals surface area contributed by atoms with E-state index in [2.05, 4.69) is 32.3 Å². The minimum Gasteiger partial charge on any atom is -0.497 e. The maximum Gasteiger partial charge on any atom is 0.271 e. The van der Waals surface area contributed by atoms with Crippen LogP contribution in [-0.2, 0) is 0 Å². The molecule has 1 N–H and O–H groups in total. The van der Waals surface area contributed by atoms with Crippen LogP contribution in [0.15, 0.2) is 54.7 Å². The summed E-state index contributed by atoms with van der Waals surface area (Å²) in [5, 5.41) is 3.05. The number of nitrogens with zero attached hydrogens (tertiary/aromatic N) is 3. The summed E-state index contributed by atoms with van der Waals surface area (Å²) in [5.74, 6) is 0.635. The summed E-state index contributed by atoms with van der Waals surface area (Å²) < 4.78 is 5.27. The highest BCUT2D eigenvalue weighted by Crippen LogP contribution is 2.26. The molecule has 28 heavy (non-hydrogen) atoms. The molecule has 0 aliphatic carbocycles. The van der Waals surface area contributed by atoms with Crippen molar-refractivity contribution in [1.29, 1.82) is 0 Å². The highest BCUT2D eigenvalue weighted by Gasteiger charge is 2.24. The molecule has 0 spiro atoms. The Morgan fingerprint density at radius 1 is 1.11 bits per heavy atom. The molecule has 1 atom stereocenters. The van der Waals surface area contributed by atoms with Crippen molar-refractivity contribution in [3.05, 3.63) is 66.0 Å². The van der Waals surface area contributed by atoms with E-state index in [1.165, 1.54) is 24.6 Å². The fraction of sp³-hybridized carbons (Fsp3) is 0.318. The Morgan fingerprint density at radius 3 is 2.54 bits per heavy atom. The lowest BCUT2D eigenvalue weighted by molar-refractivity contribution is 0.0933. The van der Waals surface area contributed by atoms with Crippen LogP contribution in [0.25, 0.3) is 11.0 Å². The number of rotatable bonds is 6. The van der Waals surface area contributed by atoms with Crippen molar-refractivity contribution in [2.75, 3.05) is 26.7 Å². The van der Waals surface area contributed by atoms with Gasteiger partial charge in [0.25, 0.3) is 5.91 Å². The second kappa shape index (κ2) is 8.35. The van der Waals surface area contributed by atoms with Gasteiger partial charge in [0, 0.05) is 6.54 Å². The van der Waals surface area contributed by atoms with Gasteiger partial charge in [0.15, 0.2) is 0 Å². The summed E-state index contributed by atoms with van der Waals surface area (Å²) in [6.07, 6.45) is 3.92. The number of ether oxygens (including phenoxy) is 1. The first-order valence-electron chi connectivity index (χ1n) is 9.62. The molecule has 1 fully saturated rings. The first-order chi connectivity index (χ1) is 13.7. The van der Waals surface area contributed by atoms with E-state index in [1.54, 1.807) is 7.11 Å². The van der Waals surface area contributed by atoms with E-state index in [1.807, 2.05) is 36.4 Å². The molecule has 0 saturated carbocycles. The van der Waals surface area contributed by atoms with Crippen LogP contribution in [0, 0.1) is 0 Å². The van der Waals surface area contributed by atoms with Gasteiger partial charge in [-0.2, -0.15) is 0 Å². The van der Waals surface area contributed by atoms with E-state index in [9.17, 15) is 4.79 Å². The highest BCUT2D eigenvalue weighted by atomic mass is 16.5. The lowest BCUT2D eigenvalue weighted by Gasteiger charge is -2.28. The zero-order valence-corrected chi connectivity index (χ0v) is 16.0. The number of hydrogen-bond acceptors (Lipinski definition) is 5. The van der Waals surface area contributed by atoms with Gasteiger partial charge in [-0.05, 0) is 55.8 Å². The third-order valence-electron chi connectivity index (χ3n) is 5.22. The van der Waals surface area contributed by atoms with Crippen molar-refractivity contribution in [1.82, 2.24) is 20.2 Å². The maximum atomic E-state index is 12.7. The Balaban J connectivity index is 1.50. The van der Waals surface area contributed by atoms with Gasteiger partial charge in [0.05, 0.1) is 30.4 Å². The van der Waals surface area contributed by atoms with Gasteiger partial charge in [0.1, 0.15) is 11.4 Å². The summed E-state index contributed by atoms with van der Waals surface area (Å²) in [4.78, 5) is 23.9. The maximum absolute atomic E-state index is 12.7. The van der Waals surface area contributed by atoms with Crippen molar-refractivity contribution in [3.63, 3.8) is 0 Å². The number of aromatic nitrogens is 2. The standard InChI is InChI=1S/C22H24N4O2/c1-28-17-10-8-16(9-11-17)21(26-12-4-5-13-26)15-24-22(27)20-14-23-18-6-2-3-7-19(18)25-20/h2-3,6-11,14,21H,4-5,12-13,15H2,1H3,(H,24,27). The van der Waals surface area contributed by atoms with Crippen molar-refractivity contribution in [3.8, 4) is 5.75 Å². The van der Waals surface area contributed by atoms with Gasteiger partial charge in [-0.25, -0.2) is 4.98 Å². The number of likely N-dealkylation sites (tertiary alicyclic amines) is 1. The smallest absolute Gasteiger partial charge is 0.271 e. The third-order valence-corrected chi connectivity index (χ3v) is 5.22. The molecular weight excluding hydrogens is 352 g/mol. The zero-order valence-electron chi connectivity index (χ0n) is 16.0. The van der Waals surface area contributed by atoms with Crippen LogP contribution < -0.4 is 10.1 Å². The van der Waals surface area contributed by atoms with Crippen LogP contribution in [-0.4, -0.2) is 47.5 Å². The van der Waals surface area contributed by atoms with Gasteiger partial charge in [-0.15, -0.1) is 0 Å². The molecule has 1 saturated heterocycles. The third kappa shape index (κ3) is 3.97. The summed E-state index contributed by atoms with van der Waals surface area (Å²) in [6, 6.07) is 15.8. The van der Waals surface area contributed by atoms with E-state index < -0.39 is 0 Å². The Morgan fingerprint density at radius 2 is 1.82 bits per heavy atom. The second-order valence-electron chi connectivity index (χ2n) is 6.99. The topological polar surface area (TPSA) is 67.3 Å². The Bertz CT molecular complexity index is 952. The molecule has 1 aliphatic rings. The number of amides is 1. The van der Waals surface area contributed by atoms with E-state index >= 15 is 0 Å². The molecule has 6 nitrogen and oxygen atoms in total. The summed E-state index contributed by atoms with van der Waals surface area (Å²) >= 11 is 0. The van der Waals surface area contributed by atoms with Crippen LogP contribution in [0.4, 0.5) is 0 Å². The molecule has 0 bridgehead atoms. The van der Waals surface area contributed by atoms with Crippen LogP contribution in [0.5, 0.6) is 5.75 Å². The minimum absolute atomic E-state index is 0.130. The van der Waals surface area contributed by atoms with Gasteiger partial charge in [-0.1, -0.05) is 24.3 Å². The molecule has 1 aromatic heterocycles. The number of benzene rings is 2. The van der Waals surface area contributed by atoms with Crippen LogP contribution in [0.3, 0.4) is 0 Å². The quantitative estimate of drug-likeness (QED) is 0.716. The van der Waals surface area contributed by atoms with E-state index in [-0.39, 0.29) is 11.9 Å². The van der Waals surface area contributed by atoms with Crippen molar-refractivity contribution >= 4 is 16.9 Å². The van der Waals surface area contributed by atoms with Crippen molar-refractivity contribution < 1.29 is 9.53 Å². The SMILES string of the molecule is COc1ccc(C(CNC(=O)c2cnc3ccccc3n2)N2CCCC2)cc1. The summed E-state index contributed by atoms with van der Waals surface area (Å²) in [7, 11) is 1.66. The number of methoxy groups -OCH3 is 1. The number of carbonyl (C=O) groups excluding carboxylic acids is 1. The Kier molecular flexibility index (Phi) is 5.48. The fourth-order valence-corrected chi connectivity index (χ4v) is 3.68. The number of hydrogen-bond donors (Lipinski definition) is 1. The molecule has 1 amide bonds. The second-order valence-corrected chi connectivity index (χ2v) is 6.99. The van der Waals surface area contributed by atoms with E-state index in [0.717, 1.165) is 29.9 Å². The highest BCUT2D eigenvalue weighted by molar-refractivity contribution is 5.93. The Hall–Kier alpha value is -2.99. The molecule has 4 rings (SSSR count). The van der Waals surface area contributed by atoms with E-state index in [4.69, 9.17) is 4.74 Å². The monoisotopic (exact) mass is 376 g/mol.